The first-order chi connectivity index (χ1) is 11.0. The smallest absolute Gasteiger partial charge is 0.286 e. The molecule has 0 saturated carbocycles. The Balaban J connectivity index is 1.70. The predicted octanol–water partition coefficient (Wildman–Crippen LogP) is 0.889. The molecule has 7 nitrogen and oxygen atoms in total. The summed E-state index contributed by atoms with van der Waals surface area (Å²) in [5.74, 6) is 0.319. The number of carbonyl (C=O) groups is 1. The standard InChI is InChI=1S/C16H22N6O/c1-10-11(2)20-15(14(17)23)21-16(10)22-6-4-13(9-22)19-8-12-3-5-18-7-12/h3,5,7,13,18-19H,4,6,8-9H2,1-2H3,(H2,17,23)/t13-/m1/s1. The lowest BCUT2D eigenvalue weighted by Gasteiger charge is -2.21. The van der Waals surface area contributed by atoms with Gasteiger partial charge in [-0.2, -0.15) is 0 Å². The zero-order chi connectivity index (χ0) is 16.4. The molecule has 7 heteroatoms. The van der Waals surface area contributed by atoms with Crippen LogP contribution >= 0.6 is 0 Å². The maximum absolute atomic E-state index is 11.4. The fourth-order valence-corrected chi connectivity index (χ4v) is 2.88. The van der Waals surface area contributed by atoms with Gasteiger partial charge in [0, 0.05) is 49.3 Å². The van der Waals surface area contributed by atoms with Crippen LogP contribution in [0.2, 0.25) is 0 Å². The molecular weight excluding hydrogens is 292 g/mol. The van der Waals surface area contributed by atoms with Gasteiger partial charge in [0.1, 0.15) is 5.82 Å². The third-order valence-electron chi connectivity index (χ3n) is 4.33. The van der Waals surface area contributed by atoms with E-state index in [1.165, 1.54) is 5.56 Å². The Kier molecular flexibility index (Phi) is 4.29. The molecule has 3 heterocycles. The van der Waals surface area contributed by atoms with Crippen LogP contribution < -0.4 is 16.0 Å². The molecule has 1 aliphatic heterocycles. The number of anilines is 1. The molecule has 1 fully saturated rings. The van der Waals surface area contributed by atoms with Gasteiger partial charge in [-0.3, -0.25) is 4.79 Å². The van der Waals surface area contributed by atoms with E-state index in [9.17, 15) is 4.79 Å². The molecule has 1 amide bonds. The Hall–Kier alpha value is -2.41. The summed E-state index contributed by atoms with van der Waals surface area (Å²) in [5.41, 5.74) is 8.38. The third-order valence-corrected chi connectivity index (χ3v) is 4.33. The highest BCUT2D eigenvalue weighted by atomic mass is 16.1. The molecule has 1 aliphatic rings. The van der Waals surface area contributed by atoms with E-state index in [1.54, 1.807) is 0 Å². The largest absolute Gasteiger partial charge is 0.367 e. The topological polar surface area (TPSA) is 99.9 Å². The maximum Gasteiger partial charge on any atom is 0.286 e. The highest BCUT2D eigenvalue weighted by Gasteiger charge is 2.26. The zero-order valence-corrected chi connectivity index (χ0v) is 13.5. The number of nitrogens with one attached hydrogen (secondary N) is 2. The highest BCUT2D eigenvalue weighted by Crippen LogP contribution is 2.24. The molecule has 1 saturated heterocycles. The highest BCUT2D eigenvalue weighted by molar-refractivity contribution is 5.89. The van der Waals surface area contributed by atoms with Gasteiger partial charge in [0.2, 0.25) is 5.82 Å². The van der Waals surface area contributed by atoms with Crippen molar-refractivity contribution in [3.05, 3.63) is 41.1 Å². The molecular formula is C16H22N6O. The lowest BCUT2D eigenvalue weighted by molar-refractivity contribution is 0.0990. The van der Waals surface area contributed by atoms with Gasteiger partial charge in [-0.05, 0) is 31.9 Å². The van der Waals surface area contributed by atoms with Crippen molar-refractivity contribution in [2.45, 2.75) is 32.9 Å². The van der Waals surface area contributed by atoms with E-state index >= 15 is 0 Å². The first-order valence-corrected chi connectivity index (χ1v) is 7.79. The minimum Gasteiger partial charge on any atom is -0.367 e. The van der Waals surface area contributed by atoms with Crippen LogP contribution in [0, 0.1) is 13.8 Å². The Morgan fingerprint density at radius 3 is 3.00 bits per heavy atom. The van der Waals surface area contributed by atoms with Crippen molar-refractivity contribution in [2.24, 2.45) is 5.73 Å². The maximum atomic E-state index is 11.4. The molecule has 0 spiro atoms. The second kappa shape index (κ2) is 6.37. The predicted molar refractivity (Wildman–Crippen MR) is 88.3 cm³/mol. The molecule has 2 aromatic heterocycles. The number of H-pyrrole nitrogens is 1. The Morgan fingerprint density at radius 2 is 2.30 bits per heavy atom. The molecule has 3 rings (SSSR count). The number of rotatable bonds is 5. The Labute approximate surface area is 135 Å². The van der Waals surface area contributed by atoms with Gasteiger partial charge < -0.3 is 20.9 Å². The van der Waals surface area contributed by atoms with Crippen LogP contribution in [0.3, 0.4) is 0 Å². The van der Waals surface area contributed by atoms with Crippen molar-refractivity contribution in [2.75, 3.05) is 18.0 Å². The van der Waals surface area contributed by atoms with Crippen LogP contribution in [0.15, 0.2) is 18.5 Å². The number of hydrogen-bond donors (Lipinski definition) is 3. The fourth-order valence-electron chi connectivity index (χ4n) is 2.88. The van der Waals surface area contributed by atoms with E-state index in [2.05, 4.69) is 31.2 Å². The third kappa shape index (κ3) is 3.34. The molecule has 0 unspecified atom stereocenters. The van der Waals surface area contributed by atoms with Crippen molar-refractivity contribution in [3.63, 3.8) is 0 Å². The van der Waals surface area contributed by atoms with Gasteiger partial charge >= 0.3 is 0 Å². The minimum atomic E-state index is -0.587. The molecule has 1 atom stereocenters. The van der Waals surface area contributed by atoms with Gasteiger partial charge in [0.25, 0.3) is 5.91 Å². The fraction of sp³-hybridized carbons (Fsp3) is 0.438. The number of nitrogens with zero attached hydrogens (tertiary/aromatic N) is 3. The van der Waals surface area contributed by atoms with Crippen molar-refractivity contribution in [1.82, 2.24) is 20.3 Å². The van der Waals surface area contributed by atoms with Crippen molar-refractivity contribution < 1.29 is 4.79 Å². The Morgan fingerprint density at radius 1 is 1.48 bits per heavy atom. The summed E-state index contributed by atoms with van der Waals surface area (Å²) in [6, 6.07) is 2.47. The normalized spacial score (nSPS) is 17.7. The summed E-state index contributed by atoms with van der Waals surface area (Å²) in [4.78, 5) is 25.2. The molecule has 0 aromatic carbocycles. The number of primary amides is 1. The summed E-state index contributed by atoms with van der Waals surface area (Å²) in [7, 11) is 0. The second-order valence-corrected chi connectivity index (χ2v) is 5.98. The number of aryl methyl sites for hydroxylation is 1. The number of aromatic amines is 1. The first kappa shape index (κ1) is 15.5. The molecule has 0 aliphatic carbocycles. The van der Waals surface area contributed by atoms with Gasteiger partial charge in [-0.1, -0.05) is 0 Å². The number of carbonyl (C=O) groups excluding carboxylic acids is 1. The van der Waals surface area contributed by atoms with Crippen LogP contribution in [0.1, 0.15) is 33.9 Å². The summed E-state index contributed by atoms with van der Waals surface area (Å²) in [5, 5.41) is 3.56. The van der Waals surface area contributed by atoms with Crippen LogP contribution in [0.5, 0.6) is 0 Å². The SMILES string of the molecule is Cc1nc(C(N)=O)nc(N2CC[C@@H](NCc3cc[nH]c3)C2)c1C. The summed E-state index contributed by atoms with van der Waals surface area (Å²) in [6.45, 7) is 6.47. The van der Waals surface area contributed by atoms with Crippen LogP contribution in [0.4, 0.5) is 5.82 Å². The monoisotopic (exact) mass is 314 g/mol. The minimum absolute atomic E-state index is 0.0897. The van der Waals surface area contributed by atoms with E-state index in [4.69, 9.17) is 5.73 Å². The van der Waals surface area contributed by atoms with E-state index in [-0.39, 0.29) is 5.82 Å². The summed E-state index contributed by atoms with van der Waals surface area (Å²) < 4.78 is 0. The molecule has 4 N–H and O–H groups in total. The molecule has 122 valence electrons. The summed E-state index contributed by atoms with van der Waals surface area (Å²) >= 11 is 0. The number of amides is 1. The number of nitrogens with two attached hydrogens (primary N) is 1. The first-order valence-electron chi connectivity index (χ1n) is 7.79. The molecule has 0 radical (unpaired) electrons. The summed E-state index contributed by atoms with van der Waals surface area (Å²) in [6.07, 6.45) is 4.96. The average molecular weight is 314 g/mol. The quantitative estimate of drug-likeness (QED) is 0.761. The lowest BCUT2D eigenvalue weighted by atomic mass is 10.2. The van der Waals surface area contributed by atoms with E-state index in [1.807, 2.05) is 26.2 Å². The number of hydrogen-bond acceptors (Lipinski definition) is 5. The van der Waals surface area contributed by atoms with Gasteiger partial charge in [-0.15, -0.1) is 0 Å². The van der Waals surface area contributed by atoms with E-state index in [0.717, 1.165) is 43.1 Å². The van der Waals surface area contributed by atoms with Crippen LogP contribution in [-0.2, 0) is 6.54 Å². The molecule has 23 heavy (non-hydrogen) atoms. The Bertz CT molecular complexity index is 697. The lowest BCUT2D eigenvalue weighted by Crippen LogP contribution is -2.33. The van der Waals surface area contributed by atoms with Gasteiger partial charge in [0.05, 0.1) is 0 Å². The van der Waals surface area contributed by atoms with Gasteiger partial charge in [-0.25, -0.2) is 9.97 Å². The van der Waals surface area contributed by atoms with E-state index in [0.29, 0.717) is 6.04 Å². The van der Waals surface area contributed by atoms with Crippen molar-refractivity contribution in [1.29, 1.82) is 0 Å². The average Bonchev–Trinajstić information content (AvgIpc) is 3.18. The molecule has 2 aromatic rings. The van der Waals surface area contributed by atoms with Gasteiger partial charge in [0.15, 0.2) is 0 Å². The van der Waals surface area contributed by atoms with Crippen molar-refractivity contribution >= 4 is 11.7 Å². The zero-order valence-electron chi connectivity index (χ0n) is 13.5. The second-order valence-electron chi connectivity index (χ2n) is 5.98. The van der Waals surface area contributed by atoms with Crippen LogP contribution in [-0.4, -0.2) is 40.0 Å². The van der Waals surface area contributed by atoms with E-state index < -0.39 is 5.91 Å². The number of aromatic nitrogens is 3. The van der Waals surface area contributed by atoms with Crippen LogP contribution in [0.25, 0.3) is 0 Å². The molecule has 0 bridgehead atoms. The van der Waals surface area contributed by atoms with Crippen molar-refractivity contribution in [3.8, 4) is 0 Å².